The van der Waals surface area contributed by atoms with E-state index in [-0.39, 0.29) is 23.8 Å². The van der Waals surface area contributed by atoms with Crippen molar-refractivity contribution in [3.63, 3.8) is 0 Å². The second-order valence-electron chi connectivity index (χ2n) is 5.64. The molecule has 2 aromatic carbocycles. The fourth-order valence-electron chi connectivity index (χ4n) is 2.48. The maximum absolute atomic E-state index is 12.9. The number of amides is 1. The van der Waals surface area contributed by atoms with E-state index in [2.05, 4.69) is 29.7 Å². The minimum atomic E-state index is -0.350. The highest BCUT2D eigenvalue weighted by atomic mass is 19.1. The number of carbonyl (C=O) groups excluding carboxylic acids is 1. The molecule has 0 aliphatic heterocycles. The molecule has 3 nitrogen and oxygen atoms in total. The first-order chi connectivity index (χ1) is 11.1. The van der Waals surface area contributed by atoms with Crippen molar-refractivity contribution in [2.24, 2.45) is 0 Å². The standard InChI is InChI=1S/C19H23FN2O/c1-3-7-18(15-8-5-4-6-9-15)21-14(2)19(23)22-17-12-10-16(20)11-13-17/h4-6,8-14,18,21H,3,7H2,1-2H3,(H,22,23)/t14-,18+/m0/s1. The van der Waals surface area contributed by atoms with Crippen LogP contribution in [0.4, 0.5) is 10.1 Å². The molecule has 0 saturated heterocycles. The number of hydrogen-bond acceptors (Lipinski definition) is 2. The van der Waals surface area contributed by atoms with Crippen LogP contribution < -0.4 is 10.6 Å². The van der Waals surface area contributed by atoms with Crippen molar-refractivity contribution in [2.75, 3.05) is 5.32 Å². The number of benzene rings is 2. The summed E-state index contributed by atoms with van der Waals surface area (Å²) >= 11 is 0. The average molecular weight is 314 g/mol. The third kappa shape index (κ3) is 5.18. The summed E-state index contributed by atoms with van der Waals surface area (Å²) in [6.45, 7) is 3.96. The van der Waals surface area contributed by atoms with Gasteiger partial charge in [-0.2, -0.15) is 0 Å². The number of hydrogen-bond donors (Lipinski definition) is 2. The van der Waals surface area contributed by atoms with Gasteiger partial charge < -0.3 is 5.32 Å². The minimum Gasteiger partial charge on any atom is -0.325 e. The highest BCUT2D eigenvalue weighted by Crippen LogP contribution is 2.19. The molecule has 0 aliphatic rings. The Balaban J connectivity index is 1.99. The maximum atomic E-state index is 12.9. The smallest absolute Gasteiger partial charge is 0.241 e. The zero-order valence-corrected chi connectivity index (χ0v) is 13.6. The fourth-order valence-corrected chi connectivity index (χ4v) is 2.48. The van der Waals surface area contributed by atoms with E-state index in [1.165, 1.54) is 17.7 Å². The van der Waals surface area contributed by atoms with Gasteiger partial charge in [-0.3, -0.25) is 10.1 Å². The Bertz CT molecular complexity index is 613. The molecule has 2 rings (SSSR count). The van der Waals surface area contributed by atoms with Crippen LogP contribution >= 0.6 is 0 Å². The van der Waals surface area contributed by atoms with E-state index in [9.17, 15) is 9.18 Å². The van der Waals surface area contributed by atoms with Crippen molar-refractivity contribution >= 4 is 11.6 Å². The lowest BCUT2D eigenvalue weighted by Gasteiger charge is -2.23. The van der Waals surface area contributed by atoms with E-state index < -0.39 is 0 Å². The van der Waals surface area contributed by atoms with Gasteiger partial charge in [-0.25, -0.2) is 4.39 Å². The van der Waals surface area contributed by atoms with Gasteiger partial charge in [-0.05, 0) is 43.2 Å². The predicted molar refractivity (Wildman–Crippen MR) is 91.7 cm³/mol. The largest absolute Gasteiger partial charge is 0.325 e. The van der Waals surface area contributed by atoms with Crippen LogP contribution in [0, 0.1) is 5.82 Å². The summed E-state index contributed by atoms with van der Waals surface area (Å²) in [4.78, 5) is 12.3. The SMILES string of the molecule is CCC[C@@H](N[C@@H](C)C(=O)Nc1ccc(F)cc1)c1ccccc1. The summed E-state index contributed by atoms with van der Waals surface area (Å²) in [6, 6.07) is 15.7. The van der Waals surface area contributed by atoms with Gasteiger partial charge in [-0.15, -0.1) is 0 Å². The molecule has 0 radical (unpaired) electrons. The van der Waals surface area contributed by atoms with Crippen LogP contribution in [0.25, 0.3) is 0 Å². The van der Waals surface area contributed by atoms with Gasteiger partial charge in [0.25, 0.3) is 0 Å². The first-order valence-corrected chi connectivity index (χ1v) is 7.97. The average Bonchev–Trinajstić information content (AvgIpc) is 2.57. The van der Waals surface area contributed by atoms with E-state index in [4.69, 9.17) is 0 Å². The van der Waals surface area contributed by atoms with Crippen molar-refractivity contribution in [3.05, 3.63) is 66.0 Å². The fraction of sp³-hybridized carbons (Fsp3) is 0.316. The van der Waals surface area contributed by atoms with Gasteiger partial charge in [0, 0.05) is 11.7 Å². The first-order valence-electron chi connectivity index (χ1n) is 7.97. The van der Waals surface area contributed by atoms with Crippen molar-refractivity contribution in [3.8, 4) is 0 Å². The summed E-state index contributed by atoms with van der Waals surface area (Å²) in [5.74, 6) is -0.449. The van der Waals surface area contributed by atoms with Crippen LogP contribution in [-0.4, -0.2) is 11.9 Å². The van der Waals surface area contributed by atoms with E-state index in [1.807, 2.05) is 25.1 Å². The highest BCUT2D eigenvalue weighted by molar-refractivity contribution is 5.94. The molecule has 1 amide bonds. The molecule has 2 aromatic rings. The molecule has 0 aliphatic carbocycles. The topological polar surface area (TPSA) is 41.1 Å². The minimum absolute atomic E-state index is 0.131. The Labute approximate surface area is 136 Å². The van der Waals surface area contributed by atoms with Crippen molar-refractivity contribution in [1.29, 1.82) is 0 Å². The van der Waals surface area contributed by atoms with E-state index >= 15 is 0 Å². The lowest BCUT2D eigenvalue weighted by molar-refractivity contribution is -0.118. The Hall–Kier alpha value is -2.20. The van der Waals surface area contributed by atoms with Crippen LogP contribution in [0.2, 0.25) is 0 Å². The van der Waals surface area contributed by atoms with E-state index in [0.717, 1.165) is 12.8 Å². The van der Waals surface area contributed by atoms with E-state index in [0.29, 0.717) is 5.69 Å². The lowest BCUT2D eigenvalue weighted by Crippen LogP contribution is -2.40. The molecule has 0 heterocycles. The second kappa shape index (κ2) is 8.44. The molecule has 0 unspecified atom stereocenters. The van der Waals surface area contributed by atoms with Gasteiger partial charge in [0.1, 0.15) is 5.82 Å². The Morgan fingerprint density at radius 1 is 1.09 bits per heavy atom. The molecule has 122 valence electrons. The third-order valence-electron chi connectivity index (χ3n) is 3.74. The summed E-state index contributed by atoms with van der Waals surface area (Å²) in [7, 11) is 0. The van der Waals surface area contributed by atoms with Gasteiger partial charge >= 0.3 is 0 Å². The molecule has 0 fully saturated rings. The highest BCUT2D eigenvalue weighted by Gasteiger charge is 2.18. The molecule has 23 heavy (non-hydrogen) atoms. The summed E-state index contributed by atoms with van der Waals surface area (Å²) in [6.07, 6.45) is 1.98. The summed E-state index contributed by atoms with van der Waals surface area (Å²) in [5.41, 5.74) is 1.77. The Morgan fingerprint density at radius 3 is 2.35 bits per heavy atom. The predicted octanol–water partition coefficient (Wildman–Crippen LogP) is 4.28. The Morgan fingerprint density at radius 2 is 1.74 bits per heavy atom. The van der Waals surface area contributed by atoms with Gasteiger partial charge in [0.2, 0.25) is 5.91 Å². The molecule has 0 bridgehead atoms. The van der Waals surface area contributed by atoms with Gasteiger partial charge in [-0.1, -0.05) is 43.7 Å². The lowest BCUT2D eigenvalue weighted by atomic mass is 10.0. The van der Waals surface area contributed by atoms with Crippen molar-refractivity contribution < 1.29 is 9.18 Å². The number of nitrogens with one attached hydrogen (secondary N) is 2. The summed E-state index contributed by atoms with van der Waals surface area (Å²) in [5, 5.41) is 6.18. The number of halogens is 1. The van der Waals surface area contributed by atoms with Crippen LogP contribution in [0.15, 0.2) is 54.6 Å². The molecular formula is C19H23FN2O. The molecular weight excluding hydrogens is 291 g/mol. The molecule has 2 N–H and O–H groups in total. The third-order valence-corrected chi connectivity index (χ3v) is 3.74. The first kappa shape index (κ1) is 17.2. The monoisotopic (exact) mass is 314 g/mol. The van der Waals surface area contributed by atoms with Crippen LogP contribution in [0.3, 0.4) is 0 Å². The molecule has 4 heteroatoms. The van der Waals surface area contributed by atoms with Crippen molar-refractivity contribution in [2.45, 2.75) is 38.8 Å². The number of rotatable bonds is 7. The summed E-state index contributed by atoms with van der Waals surface area (Å²) < 4.78 is 12.9. The maximum Gasteiger partial charge on any atom is 0.241 e. The molecule has 0 aromatic heterocycles. The number of carbonyl (C=O) groups is 1. The molecule has 2 atom stereocenters. The van der Waals surface area contributed by atoms with Crippen LogP contribution in [0.5, 0.6) is 0 Å². The normalized spacial score (nSPS) is 13.3. The Kier molecular flexibility index (Phi) is 6.29. The van der Waals surface area contributed by atoms with Crippen molar-refractivity contribution in [1.82, 2.24) is 5.32 Å². The molecule has 0 saturated carbocycles. The molecule has 0 spiro atoms. The zero-order valence-electron chi connectivity index (χ0n) is 13.6. The van der Waals surface area contributed by atoms with E-state index in [1.54, 1.807) is 12.1 Å². The van der Waals surface area contributed by atoms with Gasteiger partial charge in [0.15, 0.2) is 0 Å². The zero-order chi connectivity index (χ0) is 16.7. The quantitative estimate of drug-likeness (QED) is 0.800. The van der Waals surface area contributed by atoms with Crippen LogP contribution in [0.1, 0.15) is 38.3 Å². The number of anilines is 1. The van der Waals surface area contributed by atoms with Gasteiger partial charge in [0.05, 0.1) is 6.04 Å². The van der Waals surface area contributed by atoms with Crippen LogP contribution in [-0.2, 0) is 4.79 Å². The second-order valence-corrected chi connectivity index (χ2v) is 5.64.